The zero-order chi connectivity index (χ0) is 21.0. The maximum Gasteiger partial charge on any atom is 0.248 e. The second-order valence-corrected chi connectivity index (χ2v) is 8.48. The molecule has 0 saturated heterocycles. The summed E-state index contributed by atoms with van der Waals surface area (Å²) >= 11 is 6.31. The van der Waals surface area contributed by atoms with Gasteiger partial charge >= 0.3 is 0 Å². The third kappa shape index (κ3) is 2.67. The van der Waals surface area contributed by atoms with Gasteiger partial charge in [-0.25, -0.2) is 0 Å². The normalized spacial score (nSPS) is 19.4. The Morgan fingerprint density at radius 3 is 2.77 bits per heavy atom. The Morgan fingerprint density at radius 1 is 1.20 bits per heavy atom. The number of benzene rings is 2. The summed E-state index contributed by atoms with van der Waals surface area (Å²) in [5.41, 5.74) is 9.76. The summed E-state index contributed by atoms with van der Waals surface area (Å²) in [6.07, 6.45) is 5.69. The number of amides is 2. The van der Waals surface area contributed by atoms with E-state index < -0.39 is 11.3 Å². The number of hydrogen-bond donors (Lipinski definition) is 1. The van der Waals surface area contributed by atoms with Gasteiger partial charge in [0.2, 0.25) is 11.8 Å². The number of rotatable bonds is 4. The molecule has 2 amide bonds. The van der Waals surface area contributed by atoms with Crippen LogP contribution in [0.15, 0.2) is 48.8 Å². The maximum absolute atomic E-state index is 13.9. The van der Waals surface area contributed by atoms with Crippen molar-refractivity contribution in [3.05, 3.63) is 76.1 Å². The van der Waals surface area contributed by atoms with Gasteiger partial charge in [-0.15, -0.1) is 0 Å². The van der Waals surface area contributed by atoms with E-state index in [1.54, 1.807) is 17.2 Å². The first-order chi connectivity index (χ1) is 14.4. The monoisotopic (exact) mass is 420 g/mol. The van der Waals surface area contributed by atoms with E-state index in [2.05, 4.69) is 12.0 Å². The summed E-state index contributed by atoms with van der Waals surface area (Å²) in [6, 6.07) is 11.1. The molecule has 1 aromatic heterocycles. The van der Waals surface area contributed by atoms with Gasteiger partial charge in [-0.3, -0.25) is 19.2 Å². The number of carbonyl (C=O) groups excluding carboxylic acids is 2. The molecule has 1 unspecified atom stereocenters. The van der Waals surface area contributed by atoms with Gasteiger partial charge in [-0.1, -0.05) is 30.7 Å². The number of nitrogens with zero attached hydrogens (tertiary/aromatic N) is 3. The van der Waals surface area contributed by atoms with E-state index in [1.165, 1.54) is 0 Å². The number of halogens is 1. The fourth-order valence-electron chi connectivity index (χ4n) is 4.78. The zero-order valence-electron chi connectivity index (χ0n) is 16.6. The van der Waals surface area contributed by atoms with Crippen molar-refractivity contribution < 1.29 is 9.59 Å². The van der Waals surface area contributed by atoms with Gasteiger partial charge in [0.25, 0.3) is 0 Å². The lowest BCUT2D eigenvalue weighted by atomic mass is 9.79. The highest BCUT2D eigenvalue weighted by atomic mass is 35.5. The molecule has 152 valence electrons. The number of carbonyl (C=O) groups is 2. The number of nitrogens with two attached hydrogens (primary N) is 1. The number of primary amides is 1. The van der Waals surface area contributed by atoms with Crippen LogP contribution in [-0.4, -0.2) is 21.6 Å². The van der Waals surface area contributed by atoms with E-state index >= 15 is 0 Å². The van der Waals surface area contributed by atoms with E-state index in [9.17, 15) is 9.59 Å². The molecule has 1 aliphatic heterocycles. The van der Waals surface area contributed by atoms with Crippen LogP contribution in [0.3, 0.4) is 0 Å². The van der Waals surface area contributed by atoms with Crippen molar-refractivity contribution in [2.45, 2.75) is 38.1 Å². The van der Waals surface area contributed by atoms with Crippen LogP contribution < -0.4 is 10.6 Å². The first-order valence-electron chi connectivity index (χ1n) is 10.0. The molecule has 7 heteroatoms. The second-order valence-electron chi connectivity index (χ2n) is 8.05. The predicted molar refractivity (Wildman–Crippen MR) is 115 cm³/mol. The minimum absolute atomic E-state index is 0.00707. The highest BCUT2D eigenvalue weighted by Gasteiger charge is 2.54. The Kier molecular flexibility index (Phi) is 4.22. The Balaban J connectivity index is 1.62. The van der Waals surface area contributed by atoms with Crippen LogP contribution >= 0.6 is 11.6 Å². The van der Waals surface area contributed by atoms with Crippen LogP contribution in [0.5, 0.6) is 0 Å². The number of aromatic nitrogens is 2. The summed E-state index contributed by atoms with van der Waals surface area (Å²) in [7, 11) is 0. The largest absolute Gasteiger partial charge is 0.366 e. The molecule has 0 saturated carbocycles. The van der Waals surface area contributed by atoms with Gasteiger partial charge in [0.1, 0.15) is 0 Å². The van der Waals surface area contributed by atoms with E-state index in [0.717, 1.165) is 41.0 Å². The van der Waals surface area contributed by atoms with Crippen molar-refractivity contribution in [1.82, 2.24) is 9.78 Å². The van der Waals surface area contributed by atoms with Crippen molar-refractivity contribution in [2.75, 3.05) is 4.90 Å². The molecule has 1 atom stereocenters. The highest BCUT2D eigenvalue weighted by molar-refractivity contribution is 6.31. The number of hydrogen-bond acceptors (Lipinski definition) is 3. The average molecular weight is 421 g/mol. The highest BCUT2D eigenvalue weighted by Crippen LogP contribution is 2.52. The second kappa shape index (κ2) is 6.71. The smallest absolute Gasteiger partial charge is 0.248 e. The molecule has 2 aliphatic rings. The van der Waals surface area contributed by atoms with Crippen molar-refractivity contribution in [3.63, 3.8) is 0 Å². The summed E-state index contributed by atoms with van der Waals surface area (Å²) in [6.45, 7) is 2.87. The van der Waals surface area contributed by atoms with E-state index in [-0.39, 0.29) is 5.91 Å². The van der Waals surface area contributed by atoms with Crippen molar-refractivity contribution in [3.8, 4) is 0 Å². The van der Waals surface area contributed by atoms with Gasteiger partial charge < -0.3 is 5.73 Å². The number of aryl methyl sites for hydroxylation is 1. The molecule has 2 heterocycles. The van der Waals surface area contributed by atoms with Crippen molar-refractivity contribution >= 4 is 34.8 Å². The van der Waals surface area contributed by atoms with Crippen LogP contribution in [-0.2, 0) is 29.6 Å². The minimum atomic E-state index is -0.717. The molecule has 0 fully saturated rings. The topological polar surface area (TPSA) is 81.2 Å². The fraction of sp³-hybridized carbons (Fsp3) is 0.261. The van der Waals surface area contributed by atoms with Gasteiger partial charge in [0.05, 0.1) is 23.0 Å². The molecule has 6 nitrogen and oxygen atoms in total. The lowest BCUT2D eigenvalue weighted by molar-refractivity contribution is -0.122. The SMILES string of the molecule is CCCn1cc(N2C(=O)C3(Cc4ccc(C(N)=O)cc4C3)c3ccc(Cl)cc32)cn1. The van der Waals surface area contributed by atoms with Gasteiger partial charge in [-0.2, -0.15) is 5.10 Å². The molecule has 3 aromatic rings. The molecule has 2 aromatic carbocycles. The van der Waals surface area contributed by atoms with Crippen LogP contribution in [0.25, 0.3) is 0 Å². The summed E-state index contributed by atoms with van der Waals surface area (Å²) in [5.74, 6) is -0.457. The third-order valence-electron chi connectivity index (χ3n) is 6.13. The van der Waals surface area contributed by atoms with Crippen LogP contribution in [0.2, 0.25) is 5.02 Å². The average Bonchev–Trinajstić information content (AvgIpc) is 3.38. The Bertz CT molecular complexity index is 1200. The molecule has 1 aliphatic carbocycles. The maximum atomic E-state index is 13.9. The molecule has 0 radical (unpaired) electrons. The summed E-state index contributed by atoms with van der Waals surface area (Å²) in [4.78, 5) is 27.3. The van der Waals surface area contributed by atoms with Gasteiger partial charge in [-0.05, 0) is 60.2 Å². The quantitative estimate of drug-likeness (QED) is 0.697. The predicted octanol–water partition coefficient (Wildman–Crippen LogP) is 3.76. The van der Waals surface area contributed by atoms with E-state index in [4.69, 9.17) is 17.3 Å². The molecule has 30 heavy (non-hydrogen) atoms. The fourth-order valence-corrected chi connectivity index (χ4v) is 4.95. The number of fused-ring (bicyclic) bond motifs is 3. The minimum Gasteiger partial charge on any atom is -0.366 e. The molecular formula is C23H21ClN4O2. The first-order valence-corrected chi connectivity index (χ1v) is 10.4. The molecular weight excluding hydrogens is 400 g/mol. The third-order valence-corrected chi connectivity index (χ3v) is 6.37. The Hall–Kier alpha value is -3.12. The molecule has 1 spiro atoms. The van der Waals surface area contributed by atoms with Crippen LogP contribution in [0.1, 0.15) is 40.4 Å². The molecule has 5 rings (SSSR count). The first kappa shape index (κ1) is 18.9. The summed E-state index contributed by atoms with van der Waals surface area (Å²) < 4.78 is 1.85. The van der Waals surface area contributed by atoms with Crippen LogP contribution in [0, 0.1) is 0 Å². The Morgan fingerprint density at radius 2 is 2.00 bits per heavy atom. The van der Waals surface area contributed by atoms with E-state index in [1.807, 2.05) is 41.2 Å². The van der Waals surface area contributed by atoms with Crippen molar-refractivity contribution in [2.24, 2.45) is 5.73 Å². The Labute approximate surface area is 179 Å². The lowest BCUT2D eigenvalue weighted by Crippen LogP contribution is -2.39. The zero-order valence-corrected chi connectivity index (χ0v) is 17.3. The lowest BCUT2D eigenvalue weighted by Gasteiger charge is -2.23. The van der Waals surface area contributed by atoms with Gasteiger partial charge in [0, 0.05) is 23.3 Å². The molecule has 2 N–H and O–H groups in total. The van der Waals surface area contributed by atoms with Crippen molar-refractivity contribution in [1.29, 1.82) is 0 Å². The standard InChI is InChI=1S/C23H21ClN4O2/c1-2-7-27-13-18(12-26-27)28-20-9-17(24)5-6-19(20)23(22(28)30)10-15-4-3-14(21(25)29)8-16(15)11-23/h3-6,8-9,12-13H,2,7,10-11H2,1H3,(H2,25,29). The molecule has 0 bridgehead atoms. The van der Waals surface area contributed by atoms with Crippen LogP contribution in [0.4, 0.5) is 11.4 Å². The van der Waals surface area contributed by atoms with Gasteiger partial charge in [0.15, 0.2) is 0 Å². The van der Waals surface area contributed by atoms with E-state index in [0.29, 0.717) is 23.4 Å². The summed E-state index contributed by atoms with van der Waals surface area (Å²) in [5, 5.41) is 4.98. The number of anilines is 2.